The molecule has 29 heavy (non-hydrogen) atoms. The van der Waals surface area contributed by atoms with E-state index in [1.54, 1.807) is 18.2 Å². The lowest BCUT2D eigenvalue weighted by Crippen LogP contribution is -2.34. The number of thiocarbonyl (C=S) groups is 1. The molecule has 0 saturated heterocycles. The zero-order valence-electron chi connectivity index (χ0n) is 16.6. The molecule has 5 heteroatoms. The predicted molar refractivity (Wildman–Crippen MR) is 122 cm³/mol. The average Bonchev–Trinajstić information content (AvgIpc) is 2.72. The van der Waals surface area contributed by atoms with Crippen LogP contribution in [0.2, 0.25) is 0 Å². The first-order chi connectivity index (χ1) is 14.0. The molecule has 0 fully saturated rings. The van der Waals surface area contributed by atoms with Crippen LogP contribution in [0.25, 0.3) is 0 Å². The summed E-state index contributed by atoms with van der Waals surface area (Å²) in [4.78, 5) is 12.7. The number of carbonyl (C=O) groups excluding carboxylic acids is 1. The molecule has 2 N–H and O–H groups in total. The maximum Gasteiger partial charge on any atom is 0.261 e. The van der Waals surface area contributed by atoms with Crippen LogP contribution in [0.15, 0.2) is 72.8 Å². The summed E-state index contributed by atoms with van der Waals surface area (Å²) in [6, 6.07) is 23.2. The van der Waals surface area contributed by atoms with Crippen LogP contribution in [0.1, 0.15) is 27.0 Å². The number of benzene rings is 3. The predicted octanol–water partition coefficient (Wildman–Crippen LogP) is 5.05. The fraction of sp³-hybridized carbons (Fsp3) is 0.167. The van der Waals surface area contributed by atoms with Crippen molar-refractivity contribution in [3.05, 3.63) is 95.1 Å². The average molecular weight is 405 g/mol. The molecule has 0 spiro atoms. The van der Waals surface area contributed by atoms with Gasteiger partial charge in [0.2, 0.25) is 0 Å². The Labute approximate surface area is 176 Å². The molecule has 0 bridgehead atoms. The molecule has 0 radical (unpaired) electrons. The molecule has 0 aromatic heterocycles. The maximum atomic E-state index is 12.7. The minimum Gasteiger partial charge on any atom is -0.492 e. The van der Waals surface area contributed by atoms with Gasteiger partial charge in [-0.2, -0.15) is 0 Å². The summed E-state index contributed by atoms with van der Waals surface area (Å²) in [5.41, 5.74) is 4.76. The highest BCUT2D eigenvalue weighted by molar-refractivity contribution is 7.80. The van der Waals surface area contributed by atoms with Gasteiger partial charge in [-0.25, -0.2) is 0 Å². The lowest BCUT2D eigenvalue weighted by Gasteiger charge is -2.15. The molecular formula is C24H24N2O2S. The summed E-state index contributed by atoms with van der Waals surface area (Å²) in [6.45, 7) is 4.53. The summed E-state index contributed by atoms with van der Waals surface area (Å²) < 4.78 is 5.87. The Kier molecular flexibility index (Phi) is 6.98. The molecule has 0 aliphatic heterocycles. The number of anilines is 1. The van der Waals surface area contributed by atoms with Crippen molar-refractivity contribution in [2.24, 2.45) is 0 Å². The number of carbonyl (C=O) groups is 1. The van der Waals surface area contributed by atoms with Gasteiger partial charge in [0.15, 0.2) is 5.11 Å². The standard InChI is InChI=1S/C24H24N2O2S/c1-17-9-8-13-21(18(17)2)25-24(29)26-23(27)20-12-6-7-14-22(20)28-16-15-19-10-4-3-5-11-19/h3-14H,15-16H2,1-2H3,(H2,25,26,27,29). The number of amides is 1. The molecule has 3 aromatic rings. The van der Waals surface area contributed by atoms with E-state index in [2.05, 4.69) is 22.8 Å². The third-order valence-electron chi connectivity index (χ3n) is 4.70. The number of aryl methyl sites for hydroxylation is 1. The van der Waals surface area contributed by atoms with Crippen LogP contribution in [-0.4, -0.2) is 17.6 Å². The minimum absolute atomic E-state index is 0.253. The quantitative estimate of drug-likeness (QED) is 0.565. The lowest BCUT2D eigenvalue weighted by molar-refractivity contribution is 0.0974. The van der Waals surface area contributed by atoms with Crippen molar-refractivity contribution in [1.29, 1.82) is 0 Å². The van der Waals surface area contributed by atoms with Crippen molar-refractivity contribution in [1.82, 2.24) is 5.32 Å². The molecule has 0 saturated carbocycles. The molecule has 3 aromatic carbocycles. The first-order valence-corrected chi connectivity index (χ1v) is 9.89. The smallest absolute Gasteiger partial charge is 0.261 e. The van der Waals surface area contributed by atoms with E-state index in [1.807, 2.05) is 56.3 Å². The van der Waals surface area contributed by atoms with E-state index in [4.69, 9.17) is 17.0 Å². The molecular weight excluding hydrogens is 380 g/mol. The second kappa shape index (κ2) is 9.85. The Bertz CT molecular complexity index is 1000. The monoisotopic (exact) mass is 404 g/mol. The van der Waals surface area contributed by atoms with Gasteiger partial charge in [-0.1, -0.05) is 54.6 Å². The highest BCUT2D eigenvalue weighted by atomic mass is 32.1. The van der Waals surface area contributed by atoms with E-state index in [-0.39, 0.29) is 11.0 Å². The summed E-state index contributed by atoms with van der Waals surface area (Å²) in [5, 5.41) is 6.09. The van der Waals surface area contributed by atoms with Gasteiger partial charge < -0.3 is 10.1 Å². The third kappa shape index (κ3) is 5.65. The van der Waals surface area contributed by atoms with Crippen molar-refractivity contribution >= 4 is 28.9 Å². The molecule has 0 aliphatic rings. The number of para-hydroxylation sites is 1. The van der Waals surface area contributed by atoms with Crippen LogP contribution in [0.5, 0.6) is 5.75 Å². The van der Waals surface area contributed by atoms with E-state index in [0.29, 0.717) is 17.9 Å². The number of nitrogens with one attached hydrogen (secondary N) is 2. The number of rotatable bonds is 6. The first kappa shape index (κ1) is 20.6. The van der Waals surface area contributed by atoms with E-state index in [0.717, 1.165) is 23.2 Å². The number of ether oxygens (including phenoxy) is 1. The lowest BCUT2D eigenvalue weighted by atomic mass is 10.1. The third-order valence-corrected chi connectivity index (χ3v) is 4.91. The Morgan fingerprint density at radius 3 is 2.45 bits per heavy atom. The topological polar surface area (TPSA) is 50.4 Å². The van der Waals surface area contributed by atoms with E-state index in [9.17, 15) is 4.79 Å². The second-order valence-electron chi connectivity index (χ2n) is 6.74. The normalized spacial score (nSPS) is 10.3. The molecule has 0 unspecified atom stereocenters. The van der Waals surface area contributed by atoms with Gasteiger partial charge in [0.1, 0.15) is 5.75 Å². The summed E-state index contributed by atoms with van der Waals surface area (Å²) >= 11 is 5.33. The Balaban J connectivity index is 1.61. The van der Waals surface area contributed by atoms with Crippen LogP contribution in [0.4, 0.5) is 5.69 Å². The molecule has 3 rings (SSSR count). The Hall–Kier alpha value is -3.18. The van der Waals surface area contributed by atoms with Gasteiger partial charge in [-0.15, -0.1) is 0 Å². The maximum absolute atomic E-state index is 12.7. The van der Waals surface area contributed by atoms with Gasteiger partial charge in [0.05, 0.1) is 12.2 Å². The first-order valence-electron chi connectivity index (χ1n) is 9.49. The SMILES string of the molecule is Cc1cccc(NC(=S)NC(=O)c2ccccc2OCCc2ccccc2)c1C. The van der Waals surface area contributed by atoms with Gasteiger partial charge in [0, 0.05) is 12.1 Å². The highest BCUT2D eigenvalue weighted by Crippen LogP contribution is 2.20. The minimum atomic E-state index is -0.303. The van der Waals surface area contributed by atoms with Crippen LogP contribution in [0, 0.1) is 13.8 Å². The van der Waals surface area contributed by atoms with Gasteiger partial charge in [-0.05, 0) is 61.0 Å². The number of hydrogen-bond donors (Lipinski definition) is 2. The summed E-state index contributed by atoms with van der Waals surface area (Å²) in [6.07, 6.45) is 0.767. The molecule has 4 nitrogen and oxygen atoms in total. The zero-order valence-corrected chi connectivity index (χ0v) is 17.4. The molecule has 148 valence electrons. The fourth-order valence-corrected chi connectivity index (χ4v) is 3.12. The highest BCUT2D eigenvalue weighted by Gasteiger charge is 2.14. The van der Waals surface area contributed by atoms with E-state index < -0.39 is 0 Å². The van der Waals surface area contributed by atoms with Crippen molar-refractivity contribution in [2.75, 3.05) is 11.9 Å². The van der Waals surface area contributed by atoms with Crippen LogP contribution < -0.4 is 15.4 Å². The number of hydrogen-bond acceptors (Lipinski definition) is 3. The van der Waals surface area contributed by atoms with Crippen LogP contribution in [-0.2, 0) is 6.42 Å². The molecule has 0 atom stereocenters. The van der Waals surface area contributed by atoms with Crippen molar-refractivity contribution < 1.29 is 9.53 Å². The van der Waals surface area contributed by atoms with E-state index >= 15 is 0 Å². The van der Waals surface area contributed by atoms with Gasteiger partial charge in [-0.3, -0.25) is 10.1 Å². The molecule has 0 heterocycles. The van der Waals surface area contributed by atoms with Crippen LogP contribution in [0.3, 0.4) is 0 Å². The molecule has 0 aliphatic carbocycles. The fourth-order valence-electron chi connectivity index (χ4n) is 2.91. The molecule has 1 amide bonds. The largest absolute Gasteiger partial charge is 0.492 e. The second-order valence-corrected chi connectivity index (χ2v) is 7.14. The summed E-state index contributed by atoms with van der Waals surface area (Å²) in [5.74, 6) is 0.235. The van der Waals surface area contributed by atoms with Crippen molar-refractivity contribution in [2.45, 2.75) is 20.3 Å². The van der Waals surface area contributed by atoms with Gasteiger partial charge >= 0.3 is 0 Å². The van der Waals surface area contributed by atoms with Crippen LogP contribution >= 0.6 is 12.2 Å². The van der Waals surface area contributed by atoms with Crippen molar-refractivity contribution in [3.8, 4) is 5.75 Å². The van der Waals surface area contributed by atoms with E-state index in [1.165, 1.54) is 5.56 Å². The zero-order chi connectivity index (χ0) is 20.6. The Morgan fingerprint density at radius 2 is 1.66 bits per heavy atom. The Morgan fingerprint density at radius 1 is 0.931 bits per heavy atom. The van der Waals surface area contributed by atoms with Gasteiger partial charge in [0.25, 0.3) is 5.91 Å². The van der Waals surface area contributed by atoms with Crippen molar-refractivity contribution in [3.63, 3.8) is 0 Å². The summed E-state index contributed by atoms with van der Waals surface area (Å²) in [7, 11) is 0.